The molecule has 0 bridgehead atoms. The molecular formula is C20H20N4O4S2. The molecule has 3 aromatic rings. The van der Waals surface area contributed by atoms with Crippen LogP contribution >= 0.6 is 11.3 Å². The number of aromatic nitrogens is 2. The number of anilines is 1. The zero-order chi connectivity index (χ0) is 21.1. The largest absolute Gasteiger partial charge is 0.495 e. The maximum Gasteiger partial charge on any atom is 0.244 e. The average Bonchev–Trinajstić information content (AvgIpc) is 3.41. The van der Waals surface area contributed by atoms with Crippen molar-refractivity contribution in [3.63, 3.8) is 0 Å². The lowest BCUT2D eigenvalue weighted by atomic mass is 10.3. The molecule has 4 rings (SSSR count). The van der Waals surface area contributed by atoms with Crippen molar-refractivity contribution < 1.29 is 17.9 Å². The van der Waals surface area contributed by atoms with Gasteiger partial charge in [0, 0.05) is 42.0 Å². The molecule has 1 aliphatic heterocycles. The molecule has 2 aromatic heterocycles. The molecular weight excluding hydrogens is 424 g/mol. The highest BCUT2D eigenvalue weighted by Crippen LogP contribution is 2.31. The van der Waals surface area contributed by atoms with Crippen LogP contribution in [0.3, 0.4) is 0 Å². The molecule has 1 saturated heterocycles. The number of benzene rings is 1. The standard InChI is InChI=1S/C20H20N4O4S2/c1-28-17-5-4-16(24-10-2-3-19(24)25)11-18(17)30(26,27)22-12-15-13-29-20(23-15)14-6-8-21-9-7-14/h4-9,11,13,22H,2-3,10,12H2,1H3. The van der Waals surface area contributed by atoms with Crippen molar-refractivity contribution in [1.82, 2.24) is 14.7 Å². The first-order chi connectivity index (χ1) is 14.5. The Morgan fingerprint density at radius 2 is 2.03 bits per heavy atom. The minimum absolute atomic E-state index is 0.00760. The molecule has 1 N–H and O–H groups in total. The summed E-state index contributed by atoms with van der Waals surface area (Å²) in [6.45, 7) is 0.620. The number of nitrogens with one attached hydrogen (secondary N) is 1. The minimum Gasteiger partial charge on any atom is -0.495 e. The van der Waals surface area contributed by atoms with Crippen LogP contribution in [0, 0.1) is 0 Å². The van der Waals surface area contributed by atoms with Crippen molar-refractivity contribution in [1.29, 1.82) is 0 Å². The van der Waals surface area contributed by atoms with E-state index in [-0.39, 0.29) is 23.1 Å². The summed E-state index contributed by atoms with van der Waals surface area (Å²) in [5.74, 6) is 0.205. The summed E-state index contributed by atoms with van der Waals surface area (Å²) >= 11 is 1.43. The molecule has 3 heterocycles. The summed E-state index contributed by atoms with van der Waals surface area (Å²) in [5, 5.41) is 2.60. The number of pyridine rings is 1. The van der Waals surface area contributed by atoms with Crippen LogP contribution in [0.15, 0.2) is 53.0 Å². The van der Waals surface area contributed by atoms with Crippen LogP contribution in [-0.4, -0.2) is 37.9 Å². The van der Waals surface area contributed by atoms with Crippen molar-refractivity contribution in [3.8, 4) is 16.3 Å². The first kappa shape index (κ1) is 20.5. The molecule has 0 atom stereocenters. The molecule has 156 valence electrons. The number of amides is 1. The Balaban J connectivity index is 1.55. The van der Waals surface area contributed by atoms with E-state index in [4.69, 9.17) is 4.74 Å². The van der Waals surface area contributed by atoms with Gasteiger partial charge in [0.2, 0.25) is 15.9 Å². The summed E-state index contributed by atoms with van der Waals surface area (Å²) < 4.78 is 33.8. The topological polar surface area (TPSA) is 101 Å². The van der Waals surface area contributed by atoms with Crippen LogP contribution in [-0.2, 0) is 21.4 Å². The molecule has 10 heteroatoms. The second-order valence-electron chi connectivity index (χ2n) is 6.69. The number of methoxy groups -OCH3 is 1. The van der Waals surface area contributed by atoms with Crippen LogP contribution in [0.4, 0.5) is 5.69 Å². The Kier molecular flexibility index (Phi) is 5.80. The molecule has 1 amide bonds. The highest BCUT2D eigenvalue weighted by molar-refractivity contribution is 7.89. The van der Waals surface area contributed by atoms with Gasteiger partial charge in [-0.2, -0.15) is 0 Å². The summed E-state index contributed by atoms with van der Waals surface area (Å²) in [6.07, 6.45) is 4.60. The van der Waals surface area contributed by atoms with E-state index >= 15 is 0 Å². The molecule has 0 radical (unpaired) electrons. The molecule has 30 heavy (non-hydrogen) atoms. The van der Waals surface area contributed by atoms with Gasteiger partial charge in [-0.05, 0) is 36.8 Å². The van der Waals surface area contributed by atoms with E-state index in [9.17, 15) is 13.2 Å². The average molecular weight is 445 g/mol. The predicted octanol–water partition coefficient (Wildman–Crippen LogP) is 2.82. The second kappa shape index (κ2) is 8.50. The normalized spacial score (nSPS) is 14.3. The van der Waals surface area contributed by atoms with Crippen molar-refractivity contribution >= 4 is 33.0 Å². The first-order valence-corrected chi connectivity index (χ1v) is 11.7. The lowest BCUT2D eigenvalue weighted by molar-refractivity contribution is -0.117. The Bertz CT molecular complexity index is 1160. The van der Waals surface area contributed by atoms with Crippen LogP contribution in [0.1, 0.15) is 18.5 Å². The zero-order valence-electron chi connectivity index (χ0n) is 16.2. The first-order valence-electron chi connectivity index (χ1n) is 9.31. The number of hydrogen-bond acceptors (Lipinski definition) is 7. The summed E-state index contributed by atoms with van der Waals surface area (Å²) in [6, 6.07) is 8.45. The Morgan fingerprint density at radius 1 is 1.23 bits per heavy atom. The lowest BCUT2D eigenvalue weighted by Crippen LogP contribution is -2.26. The van der Waals surface area contributed by atoms with E-state index in [1.165, 1.54) is 24.5 Å². The SMILES string of the molecule is COc1ccc(N2CCCC2=O)cc1S(=O)(=O)NCc1csc(-c2ccncc2)n1. The third kappa shape index (κ3) is 4.20. The fourth-order valence-corrected chi connectivity index (χ4v) is 5.24. The number of carbonyl (C=O) groups is 1. The van der Waals surface area contributed by atoms with Gasteiger partial charge in [-0.25, -0.2) is 18.1 Å². The number of sulfonamides is 1. The Labute approximate surface area is 178 Å². The maximum absolute atomic E-state index is 13.0. The number of carbonyl (C=O) groups excluding carboxylic acids is 1. The van der Waals surface area contributed by atoms with Crippen molar-refractivity contribution in [2.45, 2.75) is 24.3 Å². The molecule has 1 aliphatic rings. The molecule has 0 saturated carbocycles. The maximum atomic E-state index is 13.0. The lowest BCUT2D eigenvalue weighted by Gasteiger charge is -2.18. The molecule has 0 aliphatic carbocycles. The third-order valence-electron chi connectivity index (χ3n) is 4.74. The van der Waals surface area contributed by atoms with Crippen LogP contribution in [0.5, 0.6) is 5.75 Å². The van der Waals surface area contributed by atoms with Gasteiger partial charge in [0.05, 0.1) is 19.3 Å². The van der Waals surface area contributed by atoms with Gasteiger partial charge >= 0.3 is 0 Å². The molecule has 1 aromatic carbocycles. The van der Waals surface area contributed by atoms with E-state index in [0.29, 0.717) is 24.3 Å². The Hall–Kier alpha value is -2.82. The summed E-state index contributed by atoms with van der Waals surface area (Å²) in [4.78, 5) is 22.1. The summed E-state index contributed by atoms with van der Waals surface area (Å²) in [5.41, 5.74) is 2.08. The van der Waals surface area contributed by atoms with Gasteiger partial charge < -0.3 is 9.64 Å². The van der Waals surface area contributed by atoms with E-state index < -0.39 is 10.0 Å². The minimum atomic E-state index is -3.88. The number of thiazole rings is 1. The van der Waals surface area contributed by atoms with Gasteiger partial charge in [-0.1, -0.05) is 0 Å². The van der Waals surface area contributed by atoms with Gasteiger partial charge in [0.25, 0.3) is 0 Å². The van der Waals surface area contributed by atoms with Crippen molar-refractivity contribution in [2.75, 3.05) is 18.6 Å². The van der Waals surface area contributed by atoms with Gasteiger partial charge in [-0.15, -0.1) is 11.3 Å². The highest BCUT2D eigenvalue weighted by atomic mass is 32.2. The molecule has 1 fully saturated rings. The van der Waals surface area contributed by atoms with Gasteiger partial charge in [-0.3, -0.25) is 9.78 Å². The highest BCUT2D eigenvalue weighted by Gasteiger charge is 2.26. The smallest absolute Gasteiger partial charge is 0.244 e. The zero-order valence-corrected chi connectivity index (χ0v) is 17.9. The van der Waals surface area contributed by atoms with E-state index in [0.717, 1.165) is 17.0 Å². The van der Waals surface area contributed by atoms with E-state index in [2.05, 4.69) is 14.7 Å². The number of nitrogens with zero attached hydrogens (tertiary/aromatic N) is 3. The number of rotatable bonds is 7. The van der Waals surface area contributed by atoms with Crippen molar-refractivity contribution in [2.24, 2.45) is 0 Å². The van der Waals surface area contributed by atoms with Crippen molar-refractivity contribution in [3.05, 3.63) is 53.8 Å². The fraction of sp³-hybridized carbons (Fsp3) is 0.250. The Morgan fingerprint density at radius 3 is 2.73 bits per heavy atom. The van der Waals surface area contributed by atoms with E-state index in [1.54, 1.807) is 29.4 Å². The van der Waals surface area contributed by atoms with Crippen LogP contribution < -0.4 is 14.4 Å². The van der Waals surface area contributed by atoms with Crippen LogP contribution in [0.25, 0.3) is 10.6 Å². The molecule has 0 unspecified atom stereocenters. The summed E-state index contributed by atoms with van der Waals surface area (Å²) in [7, 11) is -2.47. The third-order valence-corrected chi connectivity index (χ3v) is 7.11. The molecule has 0 spiro atoms. The van der Waals surface area contributed by atoms with Gasteiger partial charge in [0.1, 0.15) is 15.7 Å². The van der Waals surface area contributed by atoms with Gasteiger partial charge in [0.15, 0.2) is 0 Å². The van der Waals surface area contributed by atoms with Crippen LogP contribution in [0.2, 0.25) is 0 Å². The second-order valence-corrected chi connectivity index (χ2v) is 9.28. The predicted molar refractivity (Wildman–Crippen MR) is 114 cm³/mol. The fourth-order valence-electron chi connectivity index (χ4n) is 3.23. The monoisotopic (exact) mass is 444 g/mol. The number of hydrogen-bond donors (Lipinski definition) is 1. The number of ether oxygens (including phenoxy) is 1. The molecule has 8 nitrogen and oxygen atoms in total. The quantitative estimate of drug-likeness (QED) is 0.601. The van der Waals surface area contributed by atoms with E-state index in [1.807, 2.05) is 17.5 Å².